The molecule has 1 aliphatic carbocycles. The van der Waals surface area contributed by atoms with E-state index >= 15 is 0 Å². The summed E-state index contributed by atoms with van der Waals surface area (Å²) in [6.07, 6.45) is 11.5. The van der Waals surface area contributed by atoms with Crippen LogP contribution in [0.15, 0.2) is 47.6 Å². The first-order valence-corrected chi connectivity index (χ1v) is 24.6. The number of carbonyl (C=O) groups excluding carboxylic acids is 5. The maximum Gasteiger partial charge on any atom is 0.509 e. The summed E-state index contributed by atoms with van der Waals surface area (Å²) in [7, 11) is 4.71. The highest BCUT2D eigenvalue weighted by Gasteiger charge is 2.53. The van der Waals surface area contributed by atoms with Crippen LogP contribution in [-0.2, 0) is 52.3 Å². The standard InChI is InChI=1S/C52H79NO14/c1-30-16-12-11-13-17-31(2)42(61-8)28-38-21-19-36(7)52(60,67-38)48(56)49(57)53-23-15-14-18-39(53)50(58)64-43(33(4)26-37-20-22-40(54)44(27-37)62-9)29-41(55)32(3)25-35(6)46-47(63-10)45(34(5)24-30)65-51(59)66-46/h11-13,16-17,25,30,33-40,42-47,54,60H,14-15,18-24,26-29H2,1-10H3/t30?,33-,34?,35?,36-,37?,38+,39?,40-,42+,43?,44-,45?,46?,47+,52-/m1/s1. The van der Waals surface area contributed by atoms with Crippen LogP contribution in [0.2, 0.25) is 0 Å². The van der Waals surface area contributed by atoms with E-state index in [0.717, 1.165) is 12.0 Å². The Hall–Kier alpha value is -3.73. The Bertz CT molecular complexity index is 1840. The molecule has 15 nitrogen and oxygen atoms in total. The van der Waals surface area contributed by atoms with Crippen LogP contribution in [0.3, 0.4) is 0 Å². The lowest BCUT2D eigenvalue weighted by Gasteiger charge is -2.42. The van der Waals surface area contributed by atoms with Crippen LogP contribution >= 0.6 is 0 Å². The molecule has 376 valence electrons. The second-order valence-corrected chi connectivity index (χ2v) is 20.2. The number of aliphatic hydroxyl groups is 2. The number of carbonyl (C=O) groups is 5. The number of fused-ring (bicyclic) bond motifs is 5. The van der Waals surface area contributed by atoms with Gasteiger partial charge in [0.15, 0.2) is 5.78 Å². The number of hydrogen-bond acceptors (Lipinski definition) is 14. The fourth-order valence-corrected chi connectivity index (χ4v) is 10.9. The normalized spacial score (nSPS) is 38.7. The van der Waals surface area contributed by atoms with E-state index in [2.05, 4.69) is 13.0 Å². The van der Waals surface area contributed by atoms with Gasteiger partial charge in [-0.3, -0.25) is 14.4 Å². The third kappa shape index (κ3) is 13.7. The van der Waals surface area contributed by atoms with E-state index in [0.29, 0.717) is 63.4 Å². The van der Waals surface area contributed by atoms with Gasteiger partial charge < -0.3 is 48.3 Å². The highest BCUT2D eigenvalue weighted by molar-refractivity contribution is 6.39. The first-order valence-electron chi connectivity index (χ1n) is 24.6. The Morgan fingerprint density at radius 3 is 2.27 bits per heavy atom. The van der Waals surface area contributed by atoms with Crippen LogP contribution in [0.5, 0.6) is 0 Å². The first-order chi connectivity index (χ1) is 31.8. The molecule has 0 radical (unpaired) electrons. The van der Waals surface area contributed by atoms with E-state index in [-0.39, 0.29) is 54.9 Å². The van der Waals surface area contributed by atoms with E-state index in [9.17, 15) is 34.2 Å². The van der Waals surface area contributed by atoms with Gasteiger partial charge in [0.25, 0.3) is 11.7 Å². The molecule has 4 bridgehead atoms. The van der Waals surface area contributed by atoms with Crippen molar-refractivity contribution in [1.29, 1.82) is 0 Å². The molecule has 0 aromatic rings. The Kier molecular flexibility index (Phi) is 20.0. The van der Waals surface area contributed by atoms with E-state index < -0.39 is 90.2 Å². The van der Waals surface area contributed by atoms with Crippen molar-refractivity contribution in [3.8, 4) is 0 Å². The molecule has 4 fully saturated rings. The van der Waals surface area contributed by atoms with Crippen molar-refractivity contribution in [2.24, 2.45) is 35.5 Å². The Labute approximate surface area is 398 Å². The van der Waals surface area contributed by atoms with Crippen molar-refractivity contribution in [2.75, 3.05) is 27.9 Å². The average molecular weight is 942 g/mol. The first kappa shape index (κ1) is 54.2. The van der Waals surface area contributed by atoms with Crippen molar-refractivity contribution in [2.45, 2.75) is 186 Å². The summed E-state index contributed by atoms with van der Waals surface area (Å²) in [5.41, 5.74) is 1.28. The maximum absolute atomic E-state index is 14.4. The van der Waals surface area contributed by atoms with E-state index in [1.807, 2.05) is 52.0 Å². The quantitative estimate of drug-likeness (QED) is 0.201. The minimum absolute atomic E-state index is 0.0934. The molecule has 15 heteroatoms. The molecule has 0 aromatic carbocycles. The number of nitrogens with zero attached hydrogens (tertiary/aromatic N) is 1. The highest BCUT2D eigenvalue weighted by Crippen LogP contribution is 2.38. The number of Topliss-reactive ketones (excluding diaryl/α,β-unsaturated/α-hetero) is 2. The number of methoxy groups -OCH3 is 3. The second kappa shape index (κ2) is 24.7. The molecule has 8 unspecified atom stereocenters. The topological polar surface area (TPSA) is 194 Å². The van der Waals surface area contributed by atoms with Crippen LogP contribution in [0.1, 0.15) is 126 Å². The predicted octanol–water partition coefficient (Wildman–Crippen LogP) is 7.15. The fourth-order valence-electron chi connectivity index (χ4n) is 10.9. The zero-order valence-corrected chi connectivity index (χ0v) is 41.6. The summed E-state index contributed by atoms with van der Waals surface area (Å²) in [4.78, 5) is 71.4. The van der Waals surface area contributed by atoms with Crippen LogP contribution in [0.25, 0.3) is 0 Å². The van der Waals surface area contributed by atoms with Gasteiger partial charge >= 0.3 is 12.1 Å². The van der Waals surface area contributed by atoms with Crippen molar-refractivity contribution in [3.63, 3.8) is 0 Å². The predicted molar refractivity (Wildman–Crippen MR) is 249 cm³/mol. The molecule has 4 heterocycles. The third-order valence-electron chi connectivity index (χ3n) is 15.1. The number of amides is 1. The number of ketones is 2. The average Bonchev–Trinajstić information content (AvgIpc) is 3.30. The van der Waals surface area contributed by atoms with Crippen molar-refractivity contribution in [3.05, 3.63) is 47.6 Å². The minimum atomic E-state index is -2.42. The number of esters is 1. The maximum atomic E-state index is 14.4. The molecule has 0 aromatic heterocycles. The SMILES string of the molecule is CO[C@@H]1C2OC(=O)OC1C(C)CC(C)C=CC=CC=C(C)[C@@H](OC)C[C@@H]1CC[C@@H](C)[C@@](O)(O1)C(=O)C(=O)N1CCCCC1C(=O)OC([C@H](C)CC1CC[C@@H](O)[C@H](OC)C1)CC(=O)C(C)=CC2C. The summed E-state index contributed by atoms with van der Waals surface area (Å²) >= 11 is 0. The van der Waals surface area contributed by atoms with Gasteiger partial charge in [0.1, 0.15) is 30.5 Å². The van der Waals surface area contributed by atoms with Crippen LogP contribution in [0.4, 0.5) is 4.79 Å². The van der Waals surface area contributed by atoms with Gasteiger partial charge in [0.2, 0.25) is 5.79 Å². The Balaban J connectivity index is 1.49. The van der Waals surface area contributed by atoms with Gasteiger partial charge in [-0.05, 0) is 113 Å². The molecular weight excluding hydrogens is 863 g/mol. The zero-order chi connectivity index (χ0) is 49.2. The van der Waals surface area contributed by atoms with Crippen molar-refractivity contribution in [1.82, 2.24) is 4.90 Å². The summed E-state index contributed by atoms with van der Waals surface area (Å²) in [5, 5.41) is 22.5. The summed E-state index contributed by atoms with van der Waals surface area (Å²) in [5.74, 6) is -6.98. The van der Waals surface area contributed by atoms with Gasteiger partial charge in [-0.1, -0.05) is 71.1 Å². The van der Waals surface area contributed by atoms with Gasteiger partial charge in [0.05, 0.1) is 24.4 Å². The largest absolute Gasteiger partial charge is 0.509 e. The molecule has 5 aliphatic rings. The van der Waals surface area contributed by atoms with Crippen molar-refractivity contribution < 1.29 is 67.3 Å². The highest BCUT2D eigenvalue weighted by atomic mass is 16.8. The van der Waals surface area contributed by atoms with Crippen LogP contribution in [0, 0.1) is 35.5 Å². The molecular formula is C52H79NO14. The summed E-state index contributed by atoms with van der Waals surface area (Å²) < 4.78 is 41.4. The molecule has 1 saturated carbocycles. The zero-order valence-electron chi connectivity index (χ0n) is 41.6. The molecule has 4 aliphatic heterocycles. The fraction of sp³-hybridized carbons (Fsp3) is 0.750. The van der Waals surface area contributed by atoms with Crippen LogP contribution < -0.4 is 0 Å². The number of allylic oxidation sites excluding steroid dienone is 6. The van der Waals surface area contributed by atoms with Gasteiger partial charge in [-0.25, -0.2) is 9.59 Å². The van der Waals surface area contributed by atoms with E-state index in [1.165, 1.54) is 4.90 Å². The van der Waals surface area contributed by atoms with E-state index in [1.54, 1.807) is 41.3 Å². The smallest absolute Gasteiger partial charge is 0.460 e. The lowest BCUT2D eigenvalue weighted by molar-refractivity contribution is -0.265. The number of cyclic esters (lactones) is 1. The van der Waals surface area contributed by atoms with Crippen molar-refractivity contribution >= 4 is 29.6 Å². The van der Waals surface area contributed by atoms with E-state index in [4.69, 9.17) is 33.2 Å². The van der Waals surface area contributed by atoms with Gasteiger partial charge in [-0.2, -0.15) is 0 Å². The molecule has 3 saturated heterocycles. The molecule has 2 N–H and O–H groups in total. The van der Waals surface area contributed by atoms with Crippen LogP contribution in [-0.4, -0.2) is 133 Å². The number of piperidine rings is 1. The number of rotatable bonds is 6. The molecule has 0 spiro atoms. The Morgan fingerprint density at radius 1 is 0.836 bits per heavy atom. The molecule has 5 rings (SSSR count). The number of hydrogen-bond donors (Lipinski definition) is 2. The number of aliphatic hydroxyl groups excluding tert-OH is 1. The molecule has 67 heavy (non-hydrogen) atoms. The Morgan fingerprint density at radius 2 is 1.57 bits per heavy atom. The lowest BCUT2D eigenvalue weighted by atomic mass is 9.78. The third-order valence-corrected chi connectivity index (χ3v) is 15.1. The lowest BCUT2D eigenvalue weighted by Crippen LogP contribution is -2.61. The monoisotopic (exact) mass is 942 g/mol. The molecule has 1 amide bonds. The number of ether oxygens (including phenoxy) is 7. The van der Waals surface area contributed by atoms with Gasteiger partial charge in [0, 0.05) is 52.6 Å². The summed E-state index contributed by atoms with van der Waals surface area (Å²) in [6, 6.07) is -1.13. The minimum Gasteiger partial charge on any atom is -0.460 e. The summed E-state index contributed by atoms with van der Waals surface area (Å²) in [6.45, 7) is 13.3. The molecule has 16 atom stereocenters. The van der Waals surface area contributed by atoms with Gasteiger partial charge in [-0.15, -0.1) is 0 Å². The second-order valence-electron chi connectivity index (χ2n) is 20.2.